The molecule has 14 heavy (non-hydrogen) atoms. The number of hydrogen-bond acceptors (Lipinski definition) is 3. The highest BCUT2D eigenvalue weighted by atomic mass is 32.2. The second kappa shape index (κ2) is 5.14. The molecule has 1 saturated heterocycles. The Morgan fingerprint density at radius 3 is 2.79 bits per heavy atom. The largest absolute Gasteiger partial charge is 0.591 e. The van der Waals surface area contributed by atoms with Gasteiger partial charge in [0, 0.05) is 6.61 Å². The summed E-state index contributed by atoms with van der Waals surface area (Å²) in [4.78, 5) is 0. The Morgan fingerprint density at radius 2 is 2.29 bits per heavy atom. The Labute approximate surface area is 89.3 Å². The predicted molar refractivity (Wildman–Crippen MR) is 60.0 cm³/mol. The van der Waals surface area contributed by atoms with Crippen LogP contribution in [0.15, 0.2) is 4.40 Å². The van der Waals surface area contributed by atoms with Crippen molar-refractivity contribution in [2.75, 3.05) is 13.2 Å². The van der Waals surface area contributed by atoms with Crippen molar-refractivity contribution in [2.45, 2.75) is 44.8 Å². The fraction of sp³-hybridized carbons (Fsp3) is 0.900. The lowest BCUT2D eigenvalue weighted by Gasteiger charge is -2.23. The first kappa shape index (κ1) is 12.0. The zero-order valence-corrected chi connectivity index (χ0v) is 10.0. The summed E-state index contributed by atoms with van der Waals surface area (Å²) >= 11 is -1.12. The highest BCUT2D eigenvalue weighted by Gasteiger charge is 2.31. The number of nitrogens with zero attached hydrogens (tertiary/aromatic N) is 1. The maximum Gasteiger partial charge on any atom is 0.147 e. The van der Waals surface area contributed by atoms with E-state index < -0.39 is 11.4 Å². The molecule has 0 saturated carbocycles. The van der Waals surface area contributed by atoms with E-state index in [0.29, 0.717) is 6.61 Å². The van der Waals surface area contributed by atoms with E-state index >= 15 is 0 Å². The monoisotopic (exact) mass is 217 g/mol. The molecule has 1 unspecified atom stereocenters. The molecule has 0 amide bonds. The van der Waals surface area contributed by atoms with Gasteiger partial charge in [-0.2, -0.15) is 0 Å². The van der Waals surface area contributed by atoms with E-state index in [2.05, 4.69) is 4.40 Å². The van der Waals surface area contributed by atoms with Crippen LogP contribution in [0.2, 0.25) is 0 Å². The molecule has 1 heterocycles. The molecule has 0 bridgehead atoms. The third-order valence-corrected chi connectivity index (χ3v) is 4.22. The van der Waals surface area contributed by atoms with Crippen molar-refractivity contribution in [3.05, 3.63) is 0 Å². The minimum absolute atomic E-state index is 0.218. The number of hydrogen-bond donors (Lipinski definition) is 0. The average molecular weight is 217 g/mol. The molecule has 1 fully saturated rings. The van der Waals surface area contributed by atoms with Gasteiger partial charge >= 0.3 is 0 Å². The van der Waals surface area contributed by atoms with Gasteiger partial charge in [-0.25, -0.2) is 0 Å². The van der Waals surface area contributed by atoms with Crippen LogP contribution in [0.4, 0.5) is 0 Å². The Hall–Kier alpha value is -0.0600. The van der Waals surface area contributed by atoms with Crippen LogP contribution in [-0.4, -0.2) is 28.2 Å². The Balaban J connectivity index is 2.56. The lowest BCUT2D eigenvalue weighted by atomic mass is 10.1. The van der Waals surface area contributed by atoms with Crippen LogP contribution in [0.3, 0.4) is 0 Å². The maximum absolute atomic E-state index is 11.8. The van der Waals surface area contributed by atoms with Crippen molar-refractivity contribution < 1.29 is 9.29 Å². The van der Waals surface area contributed by atoms with Gasteiger partial charge in [0.05, 0.1) is 12.3 Å². The van der Waals surface area contributed by atoms with Crippen LogP contribution < -0.4 is 0 Å². The molecule has 0 aromatic heterocycles. The van der Waals surface area contributed by atoms with Crippen molar-refractivity contribution in [1.82, 2.24) is 0 Å². The van der Waals surface area contributed by atoms with Crippen molar-refractivity contribution in [2.24, 2.45) is 4.40 Å². The van der Waals surface area contributed by atoms with E-state index in [9.17, 15) is 4.55 Å². The first-order valence-electron chi connectivity index (χ1n) is 5.12. The molecule has 1 aliphatic rings. The van der Waals surface area contributed by atoms with Gasteiger partial charge < -0.3 is 9.29 Å². The van der Waals surface area contributed by atoms with Gasteiger partial charge in [0.2, 0.25) is 0 Å². The van der Waals surface area contributed by atoms with Crippen LogP contribution >= 0.6 is 0 Å². The van der Waals surface area contributed by atoms with Gasteiger partial charge in [-0.15, -0.1) is 0 Å². The molecule has 4 heteroatoms. The standard InChI is InChI=1S/C10H19NO2S/c1-4-10(2,3)14(12)11-9-6-5-7-13-8-9/h4-8H2,1-3H3. The van der Waals surface area contributed by atoms with Crippen LogP contribution in [-0.2, 0) is 16.1 Å². The minimum atomic E-state index is -1.12. The van der Waals surface area contributed by atoms with E-state index in [1.807, 2.05) is 20.8 Å². The van der Waals surface area contributed by atoms with E-state index in [1.54, 1.807) is 0 Å². The summed E-state index contributed by atoms with van der Waals surface area (Å²) < 4.78 is 21.1. The second-order valence-corrected chi connectivity index (χ2v) is 5.96. The molecule has 0 spiro atoms. The summed E-state index contributed by atoms with van der Waals surface area (Å²) in [5.41, 5.74) is 0.955. The van der Waals surface area contributed by atoms with Crippen LogP contribution in [0, 0.1) is 0 Å². The number of ether oxygens (including phenoxy) is 1. The third-order valence-electron chi connectivity index (χ3n) is 2.56. The SMILES string of the molecule is CCC(C)(C)[S+]([O-])N=C1CCCOC1. The molecule has 0 radical (unpaired) electrons. The fourth-order valence-electron chi connectivity index (χ4n) is 1.08. The maximum atomic E-state index is 11.8. The summed E-state index contributed by atoms with van der Waals surface area (Å²) in [5, 5.41) is 0. The summed E-state index contributed by atoms with van der Waals surface area (Å²) in [6.07, 6.45) is 2.81. The second-order valence-electron chi connectivity index (χ2n) is 4.18. The quantitative estimate of drug-likeness (QED) is 0.679. The lowest BCUT2D eigenvalue weighted by Crippen LogP contribution is -2.31. The lowest BCUT2D eigenvalue weighted by molar-refractivity contribution is 0.154. The van der Waals surface area contributed by atoms with Crippen molar-refractivity contribution in [1.29, 1.82) is 0 Å². The molecule has 0 N–H and O–H groups in total. The first-order chi connectivity index (χ1) is 6.56. The molecule has 1 rings (SSSR count). The molecular weight excluding hydrogens is 198 g/mol. The summed E-state index contributed by atoms with van der Waals surface area (Å²) in [6.45, 7) is 7.37. The van der Waals surface area contributed by atoms with E-state index in [-0.39, 0.29) is 4.75 Å². The minimum Gasteiger partial charge on any atom is -0.591 e. The molecule has 82 valence electrons. The Morgan fingerprint density at radius 1 is 1.57 bits per heavy atom. The molecule has 0 aromatic rings. The van der Waals surface area contributed by atoms with Crippen molar-refractivity contribution in [3.8, 4) is 0 Å². The highest BCUT2D eigenvalue weighted by Crippen LogP contribution is 2.23. The van der Waals surface area contributed by atoms with Gasteiger partial charge in [0.1, 0.15) is 16.1 Å². The van der Waals surface area contributed by atoms with E-state index in [1.165, 1.54) is 0 Å². The van der Waals surface area contributed by atoms with Crippen LogP contribution in [0.5, 0.6) is 0 Å². The molecular formula is C10H19NO2S. The van der Waals surface area contributed by atoms with E-state index in [0.717, 1.165) is 31.6 Å². The average Bonchev–Trinajstić information content (AvgIpc) is 2.19. The van der Waals surface area contributed by atoms with Crippen LogP contribution in [0.25, 0.3) is 0 Å². The smallest absolute Gasteiger partial charge is 0.147 e. The zero-order valence-electron chi connectivity index (χ0n) is 9.21. The van der Waals surface area contributed by atoms with Gasteiger partial charge in [-0.1, -0.05) is 11.3 Å². The normalized spacial score (nSPS) is 23.9. The predicted octanol–water partition coefficient (Wildman–Crippen LogP) is 2.09. The van der Waals surface area contributed by atoms with Gasteiger partial charge in [-0.3, -0.25) is 0 Å². The van der Waals surface area contributed by atoms with E-state index in [4.69, 9.17) is 4.74 Å². The Bertz CT molecular complexity index is 208. The third kappa shape index (κ3) is 3.26. The first-order valence-corrected chi connectivity index (χ1v) is 6.23. The van der Waals surface area contributed by atoms with Crippen molar-refractivity contribution in [3.63, 3.8) is 0 Å². The highest BCUT2D eigenvalue weighted by molar-refractivity contribution is 7.91. The molecule has 3 nitrogen and oxygen atoms in total. The summed E-state index contributed by atoms with van der Waals surface area (Å²) in [6, 6.07) is 0. The van der Waals surface area contributed by atoms with Gasteiger partial charge in [0.25, 0.3) is 0 Å². The Kier molecular flexibility index (Phi) is 4.41. The van der Waals surface area contributed by atoms with Crippen molar-refractivity contribution >= 4 is 17.1 Å². The zero-order chi connectivity index (χ0) is 10.6. The molecule has 0 aliphatic carbocycles. The van der Waals surface area contributed by atoms with Crippen LogP contribution in [0.1, 0.15) is 40.0 Å². The number of rotatable bonds is 3. The summed E-state index contributed by atoms with van der Waals surface area (Å²) in [7, 11) is 0. The van der Waals surface area contributed by atoms with Gasteiger partial charge in [-0.05, 0) is 33.1 Å². The molecule has 1 atom stereocenters. The molecule has 1 aliphatic heterocycles. The topological polar surface area (TPSA) is 44.7 Å². The molecule has 0 aromatic carbocycles. The fourth-order valence-corrected chi connectivity index (χ4v) is 1.95. The van der Waals surface area contributed by atoms with Gasteiger partial charge in [0.15, 0.2) is 0 Å². The summed E-state index contributed by atoms with van der Waals surface area (Å²) in [5.74, 6) is 0.